The molecule has 0 saturated carbocycles. The van der Waals surface area contributed by atoms with Crippen molar-refractivity contribution < 1.29 is 32.3 Å². The van der Waals surface area contributed by atoms with Crippen LogP contribution in [0.2, 0.25) is 0 Å². The summed E-state index contributed by atoms with van der Waals surface area (Å²) in [5.41, 5.74) is 0.864. The highest BCUT2D eigenvalue weighted by Crippen LogP contribution is 2.28. The van der Waals surface area contributed by atoms with Gasteiger partial charge in [-0.05, 0) is 39.0 Å². The number of ketones is 1. The second-order valence-corrected chi connectivity index (χ2v) is 9.62. The molecule has 1 N–H and O–H groups in total. The Morgan fingerprint density at radius 1 is 1.22 bits per heavy atom. The van der Waals surface area contributed by atoms with Crippen LogP contribution in [-0.2, 0) is 10.0 Å². The molecular formula is C21H29N3O7S. The monoisotopic (exact) mass is 467 g/mol. The zero-order chi connectivity index (χ0) is 23.5. The average molecular weight is 468 g/mol. The molecule has 3 rings (SSSR count). The Hall–Kier alpha value is -2.47. The number of Topliss-reactive ketones (excluding diaryl/α,β-unsaturated/α-hetero) is 1. The summed E-state index contributed by atoms with van der Waals surface area (Å²) in [6.45, 7) is 6.62. The van der Waals surface area contributed by atoms with Crippen molar-refractivity contribution in [3.05, 3.63) is 35.2 Å². The molecule has 0 aliphatic carbocycles. The number of piperazine rings is 1. The number of ether oxygens (including phenoxy) is 2. The molecule has 176 valence electrons. The highest BCUT2D eigenvalue weighted by molar-refractivity contribution is 7.89. The van der Waals surface area contributed by atoms with Crippen molar-refractivity contribution >= 4 is 15.8 Å². The van der Waals surface area contributed by atoms with Crippen molar-refractivity contribution in [2.45, 2.75) is 31.8 Å². The zero-order valence-electron chi connectivity index (χ0n) is 18.7. The first kappa shape index (κ1) is 24.2. The van der Waals surface area contributed by atoms with E-state index in [0.29, 0.717) is 55.5 Å². The minimum Gasteiger partial charge on any atom is -0.493 e. The Morgan fingerprint density at radius 3 is 2.47 bits per heavy atom. The highest BCUT2D eigenvalue weighted by Gasteiger charge is 2.33. The lowest BCUT2D eigenvalue weighted by molar-refractivity contribution is 0.0561. The number of rotatable bonds is 9. The van der Waals surface area contributed by atoms with Crippen LogP contribution in [0.1, 0.15) is 28.7 Å². The Kier molecular flexibility index (Phi) is 7.55. The second kappa shape index (κ2) is 9.99. The van der Waals surface area contributed by atoms with Crippen LogP contribution in [0.15, 0.2) is 27.6 Å². The number of aryl methyl sites for hydroxylation is 2. The van der Waals surface area contributed by atoms with E-state index in [0.717, 1.165) is 0 Å². The van der Waals surface area contributed by atoms with Crippen molar-refractivity contribution in [3.63, 3.8) is 0 Å². The fraction of sp³-hybridized carbons (Fsp3) is 0.524. The Balaban J connectivity index is 1.52. The molecule has 11 heteroatoms. The van der Waals surface area contributed by atoms with E-state index in [1.807, 2.05) is 4.90 Å². The number of nitrogens with zero attached hydrogens (tertiary/aromatic N) is 3. The third-order valence-corrected chi connectivity index (χ3v) is 7.51. The summed E-state index contributed by atoms with van der Waals surface area (Å²) in [6, 6.07) is 4.88. The number of aliphatic hydroxyl groups excluding tert-OH is 1. The molecule has 10 nitrogen and oxygen atoms in total. The Morgan fingerprint density at radius 2 is 1.91 bits per heavy atom. The van der Waals surface area contributed by atoms with Gasteiger partial charge < -0.3 is 19.1 Å². The number of carbonyl (C=O) groups is 1. The van der Waals surface area contributed by atoms with Gasteiger partial charge in [0.25, 0.3) is 0 Å². The first-order valence-corrected chi connectivity index (χ1v) is 11.7. The molecule has 32 heavy (non-hydrogen) atoms. The first-order chi connectivity index (χ1) is 15.1. The normalized spacial score (nSPS) is 16.7. The zero-order valence-corrected chi connectivity index (χ0v) is 19.5. The molecule has 1 atom stereocenters. The molecular weight excluding hydrogens is 438 g/mol. The minimum absolute atomic E-state index is 0.0351. The first-order valence-electron chi connectivity index (χ1n) is 10.3. The third kappa shape index (κ3) is 5.29. The van der Waals surface area contributed by atoms with Crippen molar-refractivity contribution in [2.75, 3.05) is 46.4 Å². The van der Waals surface area contributed by atoms with Gasteiger partial charge in [0.1, 0.15) is 23.3 Å². The van der Waals surface area contributed by atoms with E-state index >= 15 is 0 Å². The van der Waals surface area contributed by atoms with Gasteiger partial charge in [-0.2, -0.15) is 4.31 Å². The maximum absolute atomic E-state index is 12.9. The number of aromatic nitrogens is 1. The van der Waals surface area contributed by atoms with Crippen LogP contribution in [0.25, 0.3) is 0 Å². The van der Waals surface area contributed by atoms with Crippen LogP contribution >= 0.6 is 0 Å². The number of hydrogen-bond acceptors (Lipinski definition) is 9. The number of benzene rings is 1. The summed E-state index contributed by atoms with van der Waals surface area (Å²) in [5.74, 6) is 1.06. The van der Waals surface area contributed by atoms with Gasteiger partial charge in [-0.25, -0.2) is 8.42 Å². The number of methoxy groups -OCH3 is 1. The Bertz CT molecular complexity index is 1040. The molecule has 0 radical (unpaired) electrons. The number of aliphatic hydroxyl groups is 1. The predicted molar refractivity (Wildman–Crippen MR) is 116 cm³/mol. The van der Waals surface area contributed by atoms with Crippen molar-refractivity contribution in [3.8, 4) is 11.5 Å². The second-order valence-electron chi connectivity index (χ2n) is 7.74. The van der Waals surface area contributed by atoms with Crippen LogP contribution < -0.4 is 9.47 Å². The standard InChI is InChI=1S/C21H29N3O7S/c1-14-21(16(3)31-22-14)32(27,28)24-9-7-23(8-10-24)12-18(26)13-30-19-6-5-17(15(2)25)11-20(19)29-4/h5-6,11,18,26H,7-10,12-13H2,1-4H3. The predicted octanol–water partition coefficient (Wildman–Crippen LogP) is 1.25. The Labute approximate surface area is 187 Å². The van der Waals surface area contributed by atoms with Crippen LogP contribution in [0, 0.1) is 13.8 Å². The minimum atomic E-state index is -3.67. The summed E-state index contributed by atoms with van der Waals surface area (Å²) in [7, 11) is -2.19. The van der Waals surface area contributed by atoms with Crippen molar-refractivity contribution in [1.82, 2.24) is 14.4 Å². The average Bonchev–Trinajstić information content (AvgIpc) is 3.11. The molecule has 2 heterocycles. The van der Waals surface area contributed by atoms with E-state index in [-0.39, 0.29) is 23.0 Å². The maximum Gasteiger partial charge on any atom is 0.248 e. The summed E-state index contributed by atoms with van der Waals surface area (Å²) in [6.07, 6.45) is -0.780. The highest BCUT2D eigenvalue weighted by atomic mass is 32.2. The van der Waals surface area contributed by atoms with E-state index in [4.69, 9.17) is 14.0 Å². The van der Waals surface area contributed by atoms with Gasteiger partial charge in [0, 0.05) is 38.3 Å². The molecule has 1 aliphatic rings. The van der Waals surface area contributed by atoms with Crippen LogP contribution in [0.5, 0.6) is 11.5 Å². The van der Waals surface area contributed by atoms with Crippen LogP contribution in [-0.4, -0.2) is 86.2 Å². The fourth-order valence-electron chi connectivity index (χ4n) is 3.67. The molecule has 1 saturated heterocycles. The number of sulfonamides is 1. The molecule has 0 bridgehead atoms. The van der Waals surface area contributed by atoms with Gasteiger partial charge >= 0.3 is 0 Å². The lowest BCUT2D eigenvalue weighted by atomic mass is 10.1. The smallest absolute Gasteiger partial charge is 0.248 e. The number of carbonyl (C=O) groups excluding carboxylic acids is 1. The summed E-state index contributed by atoms with van der Waals surface area (Å²) >= 11 is 0. The lowest BCUT2D eigenvalue weighted by Gasteiger charge is -2.34. The third-order valence-electron chi connectivity index (χ3n) is 5.37. The van der Waals surface area contributed by atoms with Gasteiger partial charge in [-0.1, -0.05) is 5.16 Å². The quantitative estimate of drug-likeness (QED) is 0.543. The molecule has 0 amide bonds. The largest absolute Gasteiger partial charge is 0.493 e. The summed E-state index contributed by atoms with van der Waals surface area (Å²) in [5, 5.41) is 14.1. The number of hydrogen-bond donors (Lipinski definition) is 1. The molecule has 1 fully saturated rings. The number of β-amino-alcohol motifs (C(OH)–C–C–N with tert-alkyl or cyclic N) is 1. The van der Waals surface area contributed by atoms with Gasteiger partial charge in [-0.3, -0.25) is 9.69 Å². The topological polar surface area (TPSA) is 122 Å². The van der Waals surface area contributed by atoms with Gasteiger partial charge in [0.2, 0.25) is 10.0 Å². The van der Waals surface area contributed by atoms with Crippen molar-refractivity contribution in [1.29, 1.82) is 0 Å². The molecule has 2 aromatic rings. The van der Waals surface area contributed by atoms with E-state index in [1.165, 1.54) is 18.3 Å². The maximum atomic E-state index is 12.9. The van der Waals surface area contributed by atoms with Gasteiger partial charge in [0.15, 0.2) is 23.0 Å². The molecule has 1 aliphatic heterocycles. The van der Waals surface area contributed by atoms with Crippen molar-refractivity contribution in [2.24, 2.45) is 0 Å². The summed E-state index contributed by atoms with van der Waals surface area (Å²) in [4.78, 5) is 13.6. The molecule has 1 unspecified atom stereocenters. The lowest BCUT2D eigenvalue weighted by Crippen LogP contribution is -2.50. The van der Waals surface area contributed by atoms with Gasteiger partial charge in [-0.15, -0.1) is 0 Å². The summed E-state index contributed by atoms with van der Waals surface area (Å²) < 4.78 is 43.2. The van der Waals surface area contributed by atoms with Gasteiger partial charge in [0.05, 0.1) is 7.11 Å². The van der Waals surface area contributed by atoms with Crippen LogP contribution in [0.3, 0.4) is 0 Å². The molecule has 1 aromatic heterocycles. The van der Waals surface area contributed by atoms with E-state index in [9.17, 15) is 18.3 Å². The van der Waals surface area contributed by atoms with Crippen LogP contribution in [0.4, 0.5) is 0 Å². The van der Waals surface area contributed by atoms with E-state index < -0.39 is 16.1 Å². The SMILES string of the molecule is COc1cc(C(C)=O)ccc1OCC(O)CN1CCN(S(=O)(=O)c2c(C)noc2C)CC1. The molecule has 0 spiro atoms. The van der Waals surface area contributed by atoms with E-state index in [2.05, 4.69) is 5.16 Å². The van der Waals surface area contributed by atoms with E-state index in [1.54, 1.807) is 32.0 Å². The molecule has 1 aromatic carbocycles. The fourth-order valence-corrected chi connectivity index (χ4v) is 5.38.